The summed E-state index contributed by atoms with van der Waals surface area (Å²) in [6.45, 7) is 1.66. The van der Waals surface area contributed by atoms with Crippen molar-refractivity contribution >= 4 is 5.97 Å². The SMILES string of the molecule is CC=CC(=O)O.c1cn[nH]c1. The maximum atomic E-state index is 9.51. The molecule has 0 aromatic carbocycles. The highest BCUT2D eigenvalue weighted by Gasteiger charge is 1.76. The highest BCUT2D eigenvalue weighted by molar-refractivity contribution is 5.79. The normalized spacial score (nSPS) is 8.82. The first-order valence-corrected chi connectivity index (χ1v) is 3.06. The monoisotopic (exact) mass is 154 g/mol. The van der Waals surface area contributed by atoms with E-state index in [1.54, 1.807) is 19.3 Å². The Bertz CT molecular complexity index is 187. The molecule has 0 spiro atoms. The second kappa shape index (κ2) is 6.54. The molecule has 0 aliphatic carbocycles. The van der Waals surface area contributed by atoms with Crippen molar-refractivity contribution in [2.24, 2.45) is 0 Å². The fourth-order valence-electron chi connectivity index (χ4n) is 0.358. The number of carboxylic acids is 1. The van der Waals surface area contributed by atoms with Gasteiger partial charge in [0.05, 0.1) is 0 Å². The second-order valence-corrected chi connectivity index (χ2v) is 1.60. The van der Waals surface area contributed by atoms with E-state index in [0.717, 1.165) is 6.08 Å². The van der Waals surface area contributed by atoms with Crippen LogP contribution >= 0.6 is 0 Å². The number of nitrogens with zero attached hydrogens (tertiary/aromatic N) is 1. The van der Waals surface area contributed by atoms with Crippen LogP contribution in [0, 0.1) is 0 Å². The summed E-state index contributed by atoms with van der Waals surface area (Å²) >= 11 is 0. The molecule has 4 nitrogen and oxygen atoms in total. The summed E-state index contributed by atoms with van der Waals surface area (Å²) in [5, 5.41) is 14.0. The molecular weight excluding hydrogens is 144 g/mol. The van der Waals surface area contributed by atoms with Gasteiger partial charge in [0.15, 0.2) is 0 Å². The quantitative estimate of drug-likeness (QED) is 0.594. The Labute approximate surface area is 64.6 Å². The van der Waals surface area contributed by atoms with Crippen molar-refractivity contribution in [3.05, 3.63) is 30.6 Å². The Kier molecular flexibility index (Phi) is 5.60. The van der Waals surface area contributed by atoms with Crippen molar-refractivity contribution in [1.82, 2.24) is 10.2 Å². The molecule has 0 aliphatic heterocycles. The molecule has 0 aliphatic rings. The van der Waals surface area contributed by atoms with E-state index < -0.39 is 5.97 Å². The predicted octanol–water partition coefficient (Wildman–Crippen LogP) is 1.06. The zero-order valence-electron chi connectivity index (χ0n) is 6.19. The van der Waals surface area contributed by atoms with Crippen LogP contribution in [0.25, 0.3) is 0 Å². The maximum Gasteiger partial charge on any atom is 0.327 e. The Balaban J connectivity index is 0.000000183. The Morgan fingerprint density at radius 2 is 2.45 bits per heavy atom. The fourth-order valence-corrected chi connectivity index (χ4v) is 0.358. The average Bonchev–Trinajstić information content (AvgIpc) is 2.41. The van der Waals surface area contributed by atoms with E-state index in [9.17, 15) is 4.79 Å². The van der Waals surface area contributed by atoms with Crippen LogP contribution in [0.4, 0.5) is 0 Å². The highest BCUT2D eigenvalue weighted by atomic mass is 16.4. The van der Waals surface area contributed by atoms with Crippen LogP contribution in [0.15, 0.2) is 30.6 Å². The molecule has 0 radical (unpaired) electrons. The average molecular weight is 154 g/mol. The van der Waals surface area contributed by atoms with E-state index in [2.05, 4.69) is 10.2 Å². The number of rotatable bonds is 1. The molecule has 0 saturated heterocycles. The number of hydrogen-bond donors (Lipinski definition) is 2. The first-order chi connectivity index (χ1) is 5.27. The van der Waals surface area contributed by atoms with Crippen LogP contribution in [0.1, 0.15) is 6.92 Å². The Hall–Kier alpha value is -1.58. The number of hydrogen-bond acceptors (Lipinski definition) is 2. The van der Waals surface area contributed by atoms with Gasteiger partial charge in [-0.2, -0.15) is 5.10 Å². The van der Waals surface area contributed by atoms with Gasteiger partial charge in [-0.1, -0.05) is 6.08 Å². The van der Waals surface area contributed by atoms with Crippen LogP contribution in [-0.2, 0) is 4.79 Å². The van der Waals surface area contributed by atoms with Crippen molar-refractivity contribution in [3.63, 3.8) is 0 Å². The Morgan fingerprint density at radius 1 is 1.73 bits per heavy atom. The summed E-state index contributed by atoms with van der Waals surface area (Å²) in [5.41, 5.74) is 0. The number of allylic oxidation sites excluding steroid dienone is 1. The molecular formula is C7H10N2O2. The lowest BCUT2D eigenvalue weighted by atomic mass is 10.5. The van der Waals surface area contributed by atoms with E-state index in [-0.39, 0.29) is 0 Å². The molecule has 60 valence electrons. The van der Waals surface area contributed by atoms with E-state index >= 15 is 0 Å². The van der Waals surface area contributed by atoms with E-state index in [1.165, 1.54) is 6.08 Å². The summed E-state index contributed by atoms with van der Waals surface area (Å²) in [6.07, 6.45) is 6.02. The number of aromatic amines is 1. The minimum atomic E-state index is -0.891. The van der Waals surface area contributed by atoms with Gasteiger partial charge < -0.3 is 5.11 Å². The minimum Gasteiger partial charge on any atom is -0.478 e. The molecule has 0 bridgehead atoms. The zero-order chi connectivity index (χ0) is 8.53. The van der Waals surface area contributed by atoms with Crippen molar-refractivity contribution in [1.29, 1.82) is 0 Å². The van der Waals surface area contributed by atoms with Crippen LogP contribution in [0.5, 0.6) is 0 Å². The lowest BCUT2D eigenvalue weighted by Crippen LogP contribution is -1.83. The van der Waals surface area contributed by atoms with Crippen molar-refractivity contribution in [2.75, 3.05) is 0 Å². The van der Waals surface area contributed by atoms with Gasteiger partial charge in [-0.25, -0.2) is 4.79 Å². The van der Waals surface area contributed by atoms with Crippen LogP contribution in [0.2, 0.25) is 0 Å². The zero-order valence-corrected chi connectivity index (χ0v) is 6.19. The third-order valence-electron chi connectivity index (χ3n) is 0.715. The van der Waals surface area contributed by atoms with Gasteiger partial charge in [-0.05, 0) is 13.0 Å². The molecule has 1 heterocycles. The summed E-state index contributed by atoms with van der Waals surface area (Å²) < 4.78 is 0. The molecule has 1 rings (SSSR count). The molecule has 1 aromatic rings. The standard InChI is InChI=1S/C4H6O2.C3H4N2/c1-2-3-4(5)6;1-2-4-5-3-1/h2-3H,1H3,(H,5,6);1-3H,(H,4,5). The van der Waals surface area contributed by atoms with Gasteiger partial charge in [-0.15, -0.1) is 0 Å². The molecule has 0 fully saturated rings. The molecule has 0 unspecified atom stereocenters. The number of aromatic nitrogens is 2. The van der Waals surface area contributed by atoms with E-state index in [0.29, 0.717) is 0 Å². The molecule has 11 heavy (non-hydrogen) atoms. The summed E-state index contributed by atoms with van der Waals surface area (Å²) in [4.78, 5) is 9.51. The molecule has 2 N–H and O–H groups in total. The van der Waals surface area contributed by atoms with Crippen LogP contribution in [0.3, 0.4) is 0 Å². The van der Waals surface area contributed by atoms with Gasteiger partial charge >= 0.3 is 5.97 Å². The molecule has 0 atom stereocenters. The lowest BCUT2D eigenvalue weighted by Gasteiger charge is -1.68. The summed E-state index contributed by atoms with van der Waals surface area (Å²) in [6, 6.07) is 1.83. The summed E-state index contributed by atoms with van der Waals surface area (Å²) in [5.74, 6) is -0.891. The number of H-pyrrole nitrogens is 1. The Morgan fingerprint density at radius 3 is 2.55 bits per heavy atom. The van der Waals surface area contributed by atoms with Gasteiger partial charge in [0.25, 0.3) is 0 Å². The van der Waals surface area contributed by atoms with Gasteiger partial charge in [0.2, 0.25) is 0 Å². The third kappa shape index (κ3) is 8.42. The maximum absolute atomic E-state index is 9.51. The number of nitrogens with one attached hydrogen (secondary N) is 1. The van der Waals surface area contributed by atoms with Gasteiger partial charge in [-0.3, -0.25) is 5.10 Å². The molecule has 0 saturated carbocycles. The van der Waals surface area contributed by atoms with E-state index in [4.69, 9.17) is 5.11 Å². The molecule has 1 aromatic heterocycles. The highest BCUT2D eigenvalue weighted by Crippen LogP contribution is 1.65. The largest absolute Gasteiger partial charge is 0.478 e. The molecule has 4 heteroatoms. The van der Waals surface area contributed by atoms with Crippen LogP contribution in [-0.4, -0.2) is 21.3 Å². The third-order valence-corrected chi connectivity index (χ3v) is 0.715. The van der Waals surface area contributed by atoms with Gasteiger partial charge in [0.1, 0.15) is 0 Å². The summed E-state index contributed by atoms with van der Waals surface area (Å²) in [7, 11) is 0. The molecule has 0 amide bonds. The number of carbonyl (C=O) groups is 1. The second-order valence-electron chi connectivity index (χ2n) is 1.60. The van der Waals surface area contributed by atoms with E-state index in [1.807, 2.05) is 6.07 Å². The predicted molar refractivity (Wildman–Crippen MR) is 41.0 cm³/mol. The smallest absolute Gasteiger partial charge is 0.327 e. The topological polar surface area (TPSA) is 66.0 Å². The minimum absolute atomic E-state index is 0.891. The van der Waals surface area contributed by atoms with Crippen molar-refractivity contribution in [2.45, 2.75) is 6.92 Å². The number of carboxylic acid groups (broad SMARTS) is 1. The number of aliphatic carboxylic acids is 1. The first-order valence-electron chi connectivity index (χ1n) is 3.06. The van der Waals surface area contributed by atoms with Gasteiger partial charge in [0, 0.05) is 18.5 Å². The van der Waals surface area contributed by atoms with Crippen LogP contribution < -0.4 is 0 Å². The first kappa shape index (κ1) is 9.42. The van der Waals surface area contributed by atoms with Crippen molar-refractivity contribution < 1.29 is 9.90 Å². The lowest BCUT2D eigenvalue weighted by molar-refractivity contribution is -0.131. The fraction of sp³-hybridized carbons (Fsp3) is 0.143. The van der Waals surface area contributed by atoms with Crippen molar-refractivity contribution in [3.8, 4) is 0 Å².